The van der Waals surface area contributed by atoms with Crippen LogP contribution in [0.3, 0.4) is 0 Å². The summed E-state index contributed by atoms with van der Waals surface area (Å²) < 4.78 is 40.6. The summed E-state index contributed by atoms with van der Waals surface area (Å²) in [7, 11) is -3.58. The lowest BCUT2D eigenvalue weighted by Gasteiger charge is -2.08. The van der Waals surface area contributed by atoms with Crippen molar-refractivity contribution in [2.45, 2.75) is 17.2 Å². The average molecular weight is 428 g/mol. The third-order valence-electron chi connectivity index (χ3n) is 5.16. The first-order chi connectivity index (χ1) is 14.4. The van der Waals surface area contributed by atoms with Gasteiger partial charge in [0.2, 0.25) is 15.9 Å². The molecule has 0 aliphatic heterocycles. The Labute approximate surface area is 173 Å². The quantitative estimate of drug-likeness (QED) is 0.535. The Kier molecular flexibility index (Phi) is 5.50. The van der Waals surface area contributed by atoms with E-state index in [0.29, 0.717) is 22.9 Å². The second-order valence-electron chi connectivity index (χ2n) is 7.25. The van der Waals surface area contributed by atoms with E-state index in [0.717, 1.165) is 11.8 Å². The smallest absolute Gasteiger partial charge is 0.240 e. The molecule has 9 heteroatoms. The predicted molar refractivity (Wildman–Crippen MR) is 112 cm³/mol. The number of amides is 1. The number of pyridine rings is 1. The van der Waals surface area contributed by atoms with Gasteiger partial charge in [0.1, 0.15) is 5.82 Å². The number of hydrogen-bond donors (Lipinski definition) is 3. The van der Waals surface area contributed by atoms with Crippen molar-refractivity contribution in [2.75, 3.05) is 18.4 Å². The van der Waals surface area contributed by atoms with E-state index in [1.165, 1.54) is 12.1 Å². The normalized spacial score (nSPS) is 18.3. The van der Waals surface area contributed by atoms with Gasteiger partial charge < -0.3 is 11.1 Å². The van der Waals surface area contributed by atoms with E-state index >= 15 is 0 Å². The van der Waals surface area contributed by atoms with Gasteiger partial charge in [0.25, 0.3) is 0 Å². The molecule has 0 saturated heterocycles. The SMILES string of the molecule is NCCNS(=O)(=O)c1ccc(C2CC2C(=O)Nc2ccc3cncc(F)c3c2)cc1. The largest absolute Gasteiger partial charge is 0.329 e. The number of rotatable bonds is 7. The first-order valence-electron chi connectivity index (χ1n) is 9.53. The Morgan fingerprint density at radius 2 is 1.93 bits per heavy atom. The standard InChI is InChI=1S/C21H21FN4O3S/c22-20-12-24-11-14-1-4-15(9-18(14)20)26-21(27)19-10-17(19)13-2-5-16(6-3-13)30(28,29)25-8-7-23/h1-6,9,11-12,17,19,25H,7-8,10,23H2,(H,26,27). The van der Waals surface area contributed by atoms with Crippen LogP contribution in [0.25, 0.3) is 10.8 Å². The van der Waals surface area contributed by atoms with Crippen LogP contribution in [-0.4, -0.2) is 32.4 Å². The highest BCUT2D eigenvalue weighted by Gasteiger charge is 2.44. The van der Waals surface area contributed by atoms with E-state index in [1.807, 2.05) is 0 Å². The van der Waals surface area contributed by atoms with Crippen LogP contribution in [0.15, 0.2) is 59.8 Å². The molecule has 0 spiro atoms. The molecule has 1 amide bonds. The second-order valence-corrected chi connectivity index (χ2v) is 9.02. The lowest BCUT2D eigenvalue weighted by atomic mass is 10.1. The highest BCUT2D eigenvalue weighted by Crippen LogP contribution is 2.48. The number of anilines is 1. The lowest BCUT2D eigenvalue weighted by molar-refractivity contribution is -0.117. The molecule has 2 unspecified atom stereocenters. The summed E-state index contributed by atoms with van der Waals surface area (Å²) in [6.07, 6.45) is 3.38. The van der Waals surface area contributed by atoms with Crippen molar-refractivity contribution in [3.63, 3.8) is 0 Å². The fourth-order valence-electron chi connectivity index (χ4n) is 3.46. The van der Waals surface area contributed by atoms with Gasteiger partial charge in [-0.1, -0.05) is 18.2 Å². The molecule has 4 N–H and O–H groups in total. The van der Waals surface area contributed by atoms with E-state index in [-0.39, 0.29) is 35.7 Å². The van der Waals surface area contributed by atoms with Crippen molar-refractivity contribution in [3.8, 4) is 0 Å². The van der Waals surface area contributed by atoms with E-state index in [2.05, 4.69) is 15.0 Å². The summed E-state index contributed by atoms with van der Waals surface area (Å²) >= 11 is 0. The molecule has 1 fully saturated rings. The third-order valence-corrected chi connectivity index (χ3v) is 6.64. The van der Waals surface area contributed by atoms with E-state index < -0.39 is 15.8 Å². The molecule has 1 aliphatic carbocycles. The Morgan fingerprint density at radius 3 is 2.67 bits per heavy atom. The van der Waals surface area contributed by atoms with Crippen molar-refractivity contribution in [1.82, 2.24) is 9.71 Å². The lowest BCUT2D eigenvalue weighted by Crippen LogP contribution is -2.29. The number of nitrogens with zero attached hydrogens (tertiary/aromatic N) is 1. The number of nitrogens with two attached hydrogens (primary N) is 1. The molecular weight excluding hydrogens is 407 g/mol. The van der Waals surface area contributed by atoms with Crippen molar-refractivity contribution in [1.29, 1.82) is 0 Å². The number of aromatic nitrogens is 1. The highest BCUT2D eigenvalue weighted by molar-refractivity contribution is 7.89. The molecule has 1 saturated carbocycles. The van der Waals surface area contributed by atoms with Crippen molar-refractivity contribution in [3.05, 3.63) is 66.2 Å². The number of carbonyl (C=O) groups excluding carboxylic acids is 1. The second kappa shape index (κ2) is 8.10. The number of nitrogens with one attached hydrogen (secondary N) is 2. The van der Waals surface area contributed by atoms with Crippen LogP contribution < -0.4 is 15.8 Å². The number of hydrogen-bond acceptors (Lipinski definition) is 5. The number of sulfonamides is 1. The fourth-order valence-corrected chi connectivity index (χ4v) is 4.51. The molecular formula is C21H21FN4O3S. The minimum absolute atomic E-state index is 0.0279. The zero-order valence-electron chi connectivity index (χ0n) is 16.0. The summed E-state index contributed by atoms with van der Waals surface area (Å²) in [6.45, 7) is 0.390. The van der Waals surface area contributed by atoms with Crippen LogP contribution in [0.5, 0.6) is 0 Å². The zero-order valence-corrected chi connectivity index (χ0v) is 16.8. The predicted octanol–water partition coefficient (Wildman–Crippen LogP) is 2.35. The van der Waals surface area contributed by atoms with Crippen molar-refractivity contribution < 1.29 is 17.6 Å². The van der Waals surface area contributed by atoms with Gasteiger partial charge in [0.05, 0.1) is 11.1 Å². The van der Waals surface area contributed by atoms with Crippen LogP contribution in [0.1, 0.15) is 17.9 Å². The fraction of sp³-hybridized carbons (Fsp3) is 0.238. The molecule has 7 nitrogen and oxygen atoms in total. The molecule has 1 aromatic heterocycles. The van der Waals surface area contributed by atoms with Gasteiger partial charge in [0, 0.05) is 41.7 Å². The van der Waals surface area contributed by atoms with Crippen LogP contribution in [0, 0.1) is 11.7 Å². The highest BCUT2D eigenvalue weighted by atomic mass is 32.2. The molecule has 156 valence electrons. The van der Waals surface area contributed by atoms with Gasteiger partial charge in [-0.05, 0) is 42.2 Å². The first-order valence-corrected chi connectivity index (χ1v) is 11.0. The van der Waals surface area contributed by atoms with Gasteiger partial charge in [0.15, 0.2) is 0 Å². The minimum atomic E-state index is -3.58. The van der Waals surface area contributed by atoms with Gasteiger partial charge in [-0.3, -0.25) is 9.78 Å². The molecule has 1 aliphatic rings. The molecule has 30 heavy (non-hydrogen) atoms. The molecule has 2 aromatic carbocycles. The van der Waals surface area contributed by atoms with E-state index in [4.69, 9.17) is 5.73 Å². The minimum Gasteiger partial charge on any atom is -0.329 e. The van der Waals surface area contributed by atoms with Gasteiger partial charge >= 0.3 is 0 Å². The van der Waals surface area contributed by atoms with Crippen LogP contribution in [0.2, 0.25) is 0 Å². The average Bonchev–Trinajstić information content (AvgIpc) is 3.54. The Hall–Kier alpha value is -2.88. The molecule has 4 rings (SSSR count). The topological polar surface area (TPSA) is 114 Å². The van der Waals surface area contributed by atoms with Crippen LogP contribution >= 0.6 is 0 Å². The monoisotopic (exact) mass is 428 g/mol. The summed E-state index contributed by atoms with van der Waals surface area (Å²) in [4.78, 5) is 16.6. The van der Waals surface area contributed by atoms with E-state index in [1.54, 1.807) is 36.5 Å². The van der Waals surface area contributed by atoms with Gasteiger partial charge in [-0.25, -0.2) is 17.5 Å². The summed E-state index contributed by atoms with van der Waals surface area (Å²) in [5, 5.41) is 3.90. The third kappa shape index (κ3) is 4.18. The summed E-state index contributed by atoms with van der Waals surface area (Å²) in [6, 6.07) is 11.5. The van der Waals surface area contributed by atoms with Crippen molar-refractivity contribution >= 4 is 32.4 Å². The number of benzene rings is 2. The molecule has 0 radical (unpaired) electrons. The number of fused-ring (bicyclic) bond motifs is 1. The van der Waals surface area contributed by atoms with E-state index in [9.17, 15) is 17.6 Å². The Bertz CT molecular complexity index is 1200. The van der Waals surface area contributed by atoms with Crippen LogP contribution in [-0.2, 0) is 14.8 Å². The Morgan fingerprint density at radius 1 is 1.17 bits per heavy atom. The maximum absolute atomic E-state index is 13.9. The van der Waals surface area contributed by atoms with Crippen molar-refractivity contribution in [2.24, 2.45) is 11.7 Å². The number of halogens is 1. The summed E-state index contributed by atoms with van der Waals surface area (Å²) in [5.41, 5.74) is 6.76. The maximum atomic E-state index is 13.9. The maximum Gasteiger partial charge on any atom is 0.240 e. The molecule has 3 aromatic rings. The number of carbonyl (C=O) groups is 1. The van der Waals surface area contributed by atoms with Gasteiger partial charge in [-0.15, -0.1) is 0 Å². The summed E-state index contributed by atoms with van der Waals surface area (Å²) in [5.74, 6) is -0.764. The molecule has 1 heterocycles. The van der Waals surface area contributed by atoms with Crippen LogP contribution in [0.4, 0.5) is 10.1 Å². The molecule has 2 atom stereocenters. The Balaban J connectivity index is 1.42. The van der Waals surface area contributed by atoms with Gasteiger partial charge in [-0.2, -0.15) is 0 Å². The zero-order chi connectivity index (χ0) is 21.3. The molecule has 0 bridgehead atoms. The first kappa shape index (κ1) is 20.4.